The zero-order valence-corrected chi connectivity index (χ0v) is 24.4. The van der Waals surface area contributed by atoms with Gasteiger partial charge in [-0.15, -0.1) is 0 Å². The number of aryl methyl sites for hydroxylation is 2. The molecule has 0 aliphatic heterocycles. The molecule has 4 rings (SSSR count). The van der Waals surface area contributed by atoms with Crippen LogP contribution in [0.1, 0.15) is 75.2 Å². The molecule has 0 aliphatic carbocycles. The molecule has 0 saturated heterocycles. The predicted molar refractivity (Wildman–Crippen MR) is 151 cm³/mol. The average Bonchev–Trinajstić information content (AvgIpc) is 2.82. The van der Waals surface area contributed by atoms with Gasteiger partial charge in [0.2, 0.25) is 0 Å². The lowest BCUT2D eigenvalue weighted by molar-refractivity contribution is -0.136. The average molecular weight is 535 g/mol. The van der Waals surface area contributed by atoms with Crippen LogP contribution in [0.5, 0.6) is 11.5 Å². The van der Waals surface area contributed by atoms with E-state index >= 15 is 8.78 Å². The number of nitrogens with zero attached hydrogens (tertiary/aromatic N) is 2. The lowest BCUT2D eigenvalue weighted by Crippen LogP contribution is -2.20. The molecule has 39 heavy (non-hydrogen) atoms. The number of rotatable bonds is 4. The molecule has 0 saturated carbocycles. The Hall–Kier alpha value is -3.61. The summed E-state index contributed by atoms with van der Waals surface area (Å²) in [4.78, 5) is 22.0. The zero-order valence-electron chi connectivity index (χ0n) is 24.4. The number of hydrogen-bond acceptors (Lipinski definition) is 5. The minimum absolute atomic E-state index is 0.145. The van der Waals surface area contributed by atoms with Crippen LogP contribution >= 0.6 is 0 Å². The number of ether oxygens (including phenoxy) is 2. The van der Waals surface area contributed by atoms with E-state index in [0.717, 1.165) is 11.1 Å². The van der Waals surface area contributed by atoms with E-state index in [9.17, 15) is 4.79 Å². The summed E-state index contributed by atoms with van der Waals surface area (Å²) in [6, 6.07) is 6.65. The second-order valence-corrected chi connectivity index (χ2v) is 12.3. The lowest BCUT2D eigenvalue weighted by Gasteiger charge is -2.22. The first kappa shape index (κ1) is 28.4. The van der Waals surface area contributed by atoms with Crippen molar-refractivity contribution in [3.63, 3.8) is 0 Å². The van der Waals surface area contributed by atoms with Gasteiger partial charge in [-0.1, -0.05) is 41.5 Å². The number of pyridine rings is 2. The van der Waals surface area contributed by atoms with Gasteiger partial charge in [-0.25, -0.2) is 23.5 Å². The van der Waals surface area contributed by atoms with E-state index in [4.69, 9.17) is 9.47 Å². The summed E-state index contributed by atoms with van der Waals surface area (Å²) in [5.41, 5.74) is 3.76. The minimum Gasteiger partial charge on any atom is -0.481 e. The van der Waals surface area contributed by atoms with Crippen LogP contribution in [0.3, 0.4) is 0 Å². The smallest absolute Gasteiger partial charge is 0.349 e. The fraction of sp³-hybridized carbons (Fsp3) is 0.406. The van der Waals surface area contributed by atoms with E-state index in [2.05, 4.69) is 9.97 Å². The molecule has 0 atom stereocenters. The van der Waals surface area contributed by atoms with Gasteiger partial charge >= 0.3 is 5.97 Å². The van der Waals surface area contributed by atoms with Gasteiger partial charge in [-0.2, -0.15) is 0 Å². The fourth-order valence-corrected chi connectivity index (χ4v) is 4.47. The van der Waals surface area contributed by atoms with Crippen LogP contribution in [0.2, 0.25) is 0 Å². The van der Waals surface area contributed by atoms with Crippen molar-refractivity contribution in [2.45, 2.75) is 80.1 Å². The van der Waals surface area contributed by atoms with Crippen molar-refractivity contribution < 1.29 is 23.0 Å². The van der Waals surface area contributed by atoms with Crippen molar-refractivity contribution in [1.82, 2.24) is 9.97 Å². The Morgan fingerprint density at radius 2 is 1.13 bits per heavy atom. The summed E-state index contributed by atoms with van der Waals surface area (Å²) in [6.07, 6.45) is 0. The quantitative estimate of drug-likeness (QED) is 0.249. The van der Waals surface area contributed by atoms with Crippen molar-refractivity contribution in [3.05, 3.63) is 69.5 Å². The Labute approximate surface area is 228 Å². The number of carbonyl (C=O) groups is 1. The molecule has 0 fully saturated rings. The molecule has 2 aromatic heterocycles. The van der Waals surface area contributed by atoms with Crippen LogP contribution in [0, 0.1) is 39.3 Å². The first-order valence-corrected chi connectivity index (χ1v) is 13.0. The van der Waals surface area contributed by atoms with E-state index in [1.165, 1.54) is 12.1 Å². The van der Waals surface area contributed by atoms with Gasteiger partial charge in [0.1, 0.15) is 34.2 Å². The van der Waals surface area contributed by atoms with Crippen molar-refractivity contribution in [2.24, 2.45) is 0 Å². The Morgan fingerprint density at radius 1 is 0.718 bits per heavy atom. The first-order chi connectivity index (χ1) is 18.0. The van der Waals surface area contributed by atoms with Crippen molar-refractivity contribution in [3.8, 4) is 11.5 Å². The molecule has 2 heterocycles. The van der Waals surface area contributed by atoms with Gasteiger partial charge in [-0.3, -0.25) is 0 Å². The molecular formula is C32H36F2N2O3. The summed E-state index contributed by atoms with van der Waals surface area (Å²) >= 11 is 0. The van der Waals surface area contributed by atoms with Gasteiger partial charge in [0.25, 0.3) is 0 Å². The maximum absolute atomic E-state index is 15.1. The summed E-state index contributed by atoms with van der Waals surface area (Å²) in [5, 5.41) is 0.920. The van der Waals surface area contributed by atoms with Gasteiger partial charge in [-0.05, 0) is 73.9 Å². The van der Waals surface area contributed by atoms with Crippen LogP contribution in [0.4, 0.5) is 8.78 Å². The first-order valence-electron chi connectivity index (χ1n) is 13.0. The number of carbonyl (C=O) groups excluding carboxylic acids is 1. The van der Waals surface area contributed by atoms with E-state index in [1.54, 1.807) is 20.8 Å². The molecule has 206 valence electrons. The maximum Gasteiger partial charge on any atom is 0.349 e. The fourth-order valence-electron chi connectivity index (χ4n) is 4.47. The summed E-state index contributed by atoms with van der Waals surface area (Å²) < 4.78 is 42.0. The summed E-state index contributed by atoms with van der Waals surface area (Å²) in [6.45, 7) is 18.6. The highest BCUT2D eigenvalue weighted by atomic mass is 19.1. The Morgan fingerprint density at radius 3 is 1.56 bits per heavy atom. The summed E-state index contributed by atoms with van der Waals surface area (Å²) in [5.74, 6) is -0.946. The number of aromatic nitrogens is 2. The minimum atomic E-state index is -0.666. The largest absolute Gasteiger partial charge is 0.481 e. The van der Waals surface area contributed by atoms with Crippen molar-refractivity contribution in [2.75, 3.05) is 6.61 Å². The molecule has 0 N–H and O–H groups in total. The third kappa shape index (κ3) is 5.45. The molecule has 0 unspecified atom stereocenters. The second-order valence-electron chi connectivity index (χ2n) is 12.3. The highest BCUT2D eigenvalue weighted by Gasteiger charge is 2.24. The van der Waals surface area contributed by atoms with Crippen molar-refractivity contribution in [1.29, 1.82) is 0 Å². The normalized spacial score (nSPS) is 12.3. The topological polar surface area (TPSA) is 61.3 Å². The third-order valence-corrected chi connectivity index (χ3v) is 7.22. The van der Waals surface area contributed by atoms with Crippen LogP contribution in [-0.2, 0) is 15.6 Å². The highest BCUT2D eigenvalue weighted by Crippen LogP contribution is 2.37. The third-order valence-electron chi connectivity index (χ3n) is 7.22. The van der Waals surface area contributed by atoms with E-state index in [-0.39, 0.29) is 27.6 Å². The molecule has 5 nitrogen and oxygen atoms in total. The number of halogens is 2. The number of hydrogen-bond donors (Lipinski definition) is 0. The molecule has 4 aromatic rings. The standard InChI is InChI=1S/C32H36F2N2O3/c1-16-18(3)35-27-22(11-20(13-24(27)33)31(5,6)7)29(16)38-15-26(37)39-30-17(2)19(4)36-28-23(30)12-21(14-25(28)34)32(8,9)10/h11-14H,15H2,1-10H3. The molecule has 0 radical (unpaired) electrons. The molecule has 0 aliphatic rings. The maximum atomic E-state index is 15.1. The molecule has 0 spiro atoms. The molecule has 2 aromatic carbocycles. The monoisotopic (exact) mass is 534 g/mol. The number of fused-ring (bicyclic) bond motifs is 2. The van der Waals surface area contributed by atoms with E-state index in [0.29, 0.717) is 39.0 Å². The van der Waals surface area contributed by atoms with Gasteiger partial charge < -0.3 is 9.47 Å². The van der Waals surface area contributed by atoms with Crippen LogP contribution < -0.4 is 9.47 Å². The molecule has 0 amide bonds. The van der Waals surface area contributed by atoms with Crippen molar-refractivity contribution >= 4 is 27.8 Å². The zero-order chi connectivity index (χ0) is 29.0. The Bertz CT molecular complexity index is 1630. The Balaban J connectivity index is 1.73. The number of benzene rings is 2. The summed E-state index contributed by atoms with van der Waals surface area (Å²) in [7, 11) is 0. The lowest BCUT2D eigenvalue weighted by atomic mass is 9.86. The van der Waals surface area contributed by atoms with Gasteiger partial charge in [0.15, 0.2) is 6.61 Å². The van der Waals surface area contributed by atoms with E-state index < -0.39 is 24.2 Å². The van der Waals surface area contributed by atoms with Crippen LogP contribution in [-0.4, -0.2) is 22.5 Å². The SMILES string of the molecule is Cc1nc2c(F)cc(C(C)(C)C)cc2c(OCC(=O)Oc2c(C)c(C)nc3c(F)cc(C(C)(C)C)cc23)c1C. The molecule has 0 bridgehead atoms. The van der Waals surface area contributed by atoms with Crippen LogP contribution in [0.25, 0.3) is 21.8 Å². The highest BCUT2D eigenvalue weighted by molar-refractivity contribution is 5.91. The van der Waals surface area contributed by atoms with Gasteiger partial charge in [0, 0.05) is 33.3 Å². The molecule has 7 heteroatoms. The van der Waals surface area contributed by atoms with E-state index in [1.807, 2.05) is 60.6 Å². The predicted octanol–water partition coefficient (Wildman–Crippen LogP) is 7.87. The van der Waals surface area contributed by atoms with Crippen LogP contribution in [0.15, 0.2) is 24.3 Å². The number of esters is 1. The Kier molecular flexibility index (Phi) is 7.17. The second kappa shape index (κ2) is 9.85. The van der Waals surface area contributed by atoms with Gasteiger partial charge in [0.05, 0.1) is 0 Å². The molecular weight excluding hydrogens is 498 g/mol.